The van der Waals surface area contributed by atoms with Gasteiger partial charge in [-0.1, -0.05) is 0 Å². The summed E-state index contributed by atoms with van der Waals surface area (Å²) in [4.78, 5) is 25.4. The number of morpholine rings is 1. The maximum atomic E-state index is 12.2. The maximum Gasteiger partial charge on any atom is 0.254 e. The molecule has 21 heavy (non-hydrogen) atoms. The highest BCUT2D eigenvalue weighted by molar-refractivity contribution is 5.95. The van der Waals surface area contributed by atoms with Gasteiger partial charge >= 0.3 is 0 Å². The molecular weight excluding hydrogens is 294 g/mol. The van der Waals surface area contributed by atoms with E-state index in [4.69, 9.17) is 10.5 Å². The van der Waals surface area contributed by atoms with Gasteiger partial charge in [-0.15, -0.1) is 12.4 Å². The average Bonchev–Trinajstić information content (AvgIpc) is 2.48. The molecule has 0 radical (unpaired) electrons. The molecule has 0 aromatic heterocycles. The number of rotatable bonds is 4. The standard InChI is InChI=1S/C14H19N3O3.ClH/c15-6-5-13(18)16-12-3-1-11(2-4-12)14(19)17-7-9-20-10-8-17;/h1-4H,5-10,15H2,(H,16,18);1H. The van der Waals surface area contributed by atoms with Crippen molar-refractivity contribution < 1.29 is 14.3 Å². The minimum Gasteiger partial charge on any atom is -0.378 e. The summed E-state index contributed by atoms with van der Waals surface area (Å²) in [5.74, 6) is -0.132. The van der Waals surface area contributed by atoms with Crippen molar-refractivity contribution in [2.45, 2.75) is 6.42 Å². The van der Waals surface area contributed by atoms with Gasteiger partial charge in [0.2, 0.25) is 5.91 Å². The zero-order valence-electron chi connectivity index (χ0n) is 11.7. The molecule has 7 heteroatoms. The summed E-state index contributed by atoms with van der Waals surface area (Å²) in [7, 11) is 0. The van der Waals surface area contributed by atoms with E-state index in [1.54, 1.807) is 29.2 Å². The number of halogens is 1. The van der Waals surface area contributed by atoms with Crippen LogP contribution in [0.5, 0.6) is 0 Å². The second-order valence-electron chi connectivity index (χ2n) is 4.57. The van der Waals surface area contributed by atoms with Crippen molar-refractivity contribution >= 4 is 29.9 Å². The number of hydrogen-bond donors (Lipinski definition) is 2. The van der Waals surface area contributed by atoms with Crippen molar-refractivity contribution in [2.24, 2.45) is 5.73 Å². The molecule has 3 N–H and O–H groups in total. The predicted molar refractivity (Wildman–Crippen MR) is 82.7 cm³/mol. The number of nitrogens with zero attached hydrogens (tertiary/aromatic N) is 1. The lowest BCUT2D eigenvalue weighted by molar-refractivity contribution is -0.116. The second-order valence-corrected chi connectivity index (χ2v) is 4.57. The molecule has 0 spiro atoms. The van der Waals surface area contributed by atoms with Gasteiger partial charge in [-0.3, -0.25) is 9.59 Å². The third-order valence-corrected chi connectivity index (χ3v) is 3.09. The van der Waals surface area contributed by atoms with E-state index in [1.807, 2.05) is 0 Å². The Balaban J connectivity index is 0.00000220. The molecule has 1 aliphatic rings. The van der Waals surface area contributed by atoms with Crippen LogP contribution in [0.2, 0.25) is 0 Å². The fourth-order valence-corrected chi connectivity index (χ4v) is 2.00. The molecule has 1 heterocycles. The molecule has 6 nitrogen and oxygen atoms in total. The number of carbonyl (C=O) groups is 2. The van der Waals surface area contributed by atoms with E-state index >= 15 is 0 Å². The molecule has 0 bridgehead atoms. The SMILES string of the molecule is Cl.NCCC(=O)Nc1ccc(C(=O)N2CCOCC2)cc1. The first kappa shape index (κ1) is 17.4. The lowest BCUT2D eigenvalue weighted by Crippen LogP contribution is -2.40. The van der Waals surface area contributed by atoms with Gasteiger partial charge in [0.25, 0.3) is 5.91 Å². The van der Waals surface area contributed by atoms with E-state index in [0.717, 1.165) is 0 Å². The van der Waals surface area contributed by atoms with Crippen LogP contribution in [0.4, 0.5) is 5.69 Å². The van der Waals surface area contributed by atoms with Gasteiger partial charge in [0.1, 0.15) is 0 Å². The third-order valence-electron chi connectivity index (χ3n) is 3.09. The summed E-state index contributed by atoms with van der Waals surface area (Å²) < 4.78 is 5.22. The van der Waals surface area contributed by atoms with Crippen molar-refractivity contribution in [3.63, 3.8) is 0 Å². The third kappa shape index (κ3) is 5.00. The van der Waals surface area contributed by atoms with Gasteiger partial charge in [-0.05, 0) is 24.3 Å². The summed E-state index contributed by atoms with van der Waals surface area (Å²) in [6.45, 7) is 2.72. The number of benzene rings is 1. The zero-order valence-corrected chi connectivity index (χ0v) is 12.5. The molecule has 2 amide bonds. The topological polar surface area (TPSA) is 84.7 Å². The van der Waals surface area contributed by atoms with Gasteiger partial charge < -0.3 is 20.7 Å². The lowest BCUT2D eigenvalue weighted by Gasteiger charge is -2.26. The summed E-state index contributed by atoms with van der Waals surface area (Å²) in [6, 6.07) is 6.88. The zero-order chi connectivity index (χ0) is 14.4. The first-order valence-corrected chi connectivity index (χ1v) is 6.67. The highest BCUT2D eigenvalue weighted by atomic mass is 35.5. The van der Waals surface area contributed by atoms with Gasteiger partial charge in [0.15, 0.2) is 0 Å². The summed E-state index contributed by atoms with van der Waals surface area (Å²) in [5.41, 5.74) is 6.59. The Morgan fingerprint density at radius 3 is 2.38 bits per heavy atom. The van der Waals surface area contributed by atoms with Crippen LogP contribution in [0.3, 0.4) is 0 Å². The van der Waals surface area contributed by atoms with Gasteiger partial charge in [-0.25, -0.2) is 0 Å². The molecule has 1 saturated heterocycles. The molecule has 1 fully saturated rings. The van der Waals surface area contributed by atoms with E-state index in [2.05, 4.69) is 5.32 Å². The molecule has 1 aromatic carbocycles. The highest BCUT2D eigenvalue weighted by Gasteiger charge is 2.18. The number of anilines is 1. The summed E-state index contributed by atoms with van der Waals surface area (Å²) in [5, 5.41) is 2.72. The first-order chi connectivity index (χ1) is 9.70. The first-order valence-electron chi connectivity index (χ1n) is 6.67. The van der Waals surface area contributed by atoms with Crippen LogP contribution in [0.15, 0.2) is 24.3 Å². The maximum absolute atomic E-state index is 12.2. The van der Waals surface area contributed by atoms with Crippen molar-refractivity contribution in [3.8, 4) is 0 Å². The molecule has 0 unspecified atom stereocenters. The monoisotopic (exact) mass is 313 g/mol. The Hall–Kier alpha value is -1.63. The Bertz CT molecular complexity index is 473. The van der Waals surface area contributed by atoms with Crippen LogP contribution < -0.4 is 11.1 Å². The van der Waals surface area contributed by atoms with Crippen LogP contribution in [-0.4, -0.2) is 49.6 Å². The van der Waals surface area contributed by atoms with Crippen LogP contribution in [0.25, 0.3) is 0 Å². The van der Waals surface area contributed by atoms with E-state index in [0.29, 0.717) is 44.1 Å². The number of nitrogens with two attached hydrogens (primary N) is 1. The molecule has 1 aromatic rings. The van der Waals surface area contributed by atoms with E-state index in [1.165, 1.54) is 0 Å². The van der Waals surface area contributed by atoms with Crippen molar-refractivity contribution in [1.29, 1.82) is 0 Å². The predicted octanol–water partition coefficient (Wildman–Crippen LogP) is 0.868. The largest absolute Gasteiger partial charge is 0.378 e. The minimum absolute atomic E-state index is 0. The molecular formula is C14H20ClN3O3. The van der Waals surface area contributed by atoms with E-state index in [9.17, 15) is 9.59 Å². The lowest BCUT2D eigenvalue weighted by atomic mass is 10.1. The Labute approximate surface area is 130 Å². The Kier molecular flexibility index (Phi) is 7.14. The second kappa shape index (κ2) is 8.61. The average molecular weight is 314 g/mol. The number of amides is 2. The van der Waals surface area contributed by atoms with Gasteiger partial charge in [0.05, 0.1) is 13.2 Å². The molecule has 0 saturated carbocycles. The fraction of sp³-hybridized carbons (Fsp3) is 0.429. The smallest absolute Gasteiger partial charge is 0.254 e. The molecule has 116 valence electrons. The quantitative estimate of drug-likeness (QED) is 0.863. The Morgan fingerprint density at radius 2 is 1.81 bits per heavy atom. The number of ether oxygens (including phenoxy) is 1. The van der Waals surface area contributed by atoms with Gasteiger partial charge in [-0.2, -0.15) is 0 Å². The minimum atomic E-state index is -0.125. The van der Waals surface area contributed by atoms with E-state index in [-0.39, 0.29) is 30.6 Å². The molecule has 1 aliphatic heterocycles. The number of carbonyl (C=O) groups excluding carboxylic acids is 2. The fourth-order valence-electron chi connectivity index (χ4n) is 2.00. The van der Waals surface area contributed by atoms with Crippen LogP contribution in [-0.2, 0) is 9.53 Å². The highest BCUT2D eigenvalue weighted by Crippen LogP contribution is 2.12. The van der Waals surface area contributed by atoms with Gasteiger partial charge in [0, 0.05) is 37.3 Å². The summed E-state index contributed by atoms with van der Waals surface area (Å²) in [6.07, 6.45) is 0.286. The summed E-state index contributed by atoms with van der Waals surface area (Å²) >= 11 is 0. The van der Waals surface area contributed by atoms with Crippen LogP contribution in [0.1, 0.15) is 16.8 Å². The van der Waals surface area contributed by atoms with Crippen LogP contribution >= 0.6 is 12.4 Å². The molecule has 0 aliphatic carbocycles. The Morgan fingerprint density at radius 1 is 1.19 bits per heavy atom. The van der Waals surface area contributed by atoms with Crippen molar-refractivity contribution in [1.82, 2.24) is 4.90 Å². The van der Waals surface area contributed by atoms with Crippen molar-refractivity contribution in [3.05, 3.63) is 29.8 Å². The van der Waals surface area contributed by atoms with Crippen molar-refractivity contribution in [2.75, 3.05) is 38.2 Å². The van der Waals surface area contributed by atoms with E-state index < -0.39 is 0 Å². The normalized spacial score (nSPS) is 14.2. The molecule has 2 rings (SSSR count). The molecule has 0 atom stereocenters. The number of hydrogen-bond acceptors (Lipinski definition) is 4. The van der Waals surface area contributed by atoms with Crippen LogP contribution in [0, 0.1) is 0 Å². The number of nitrogens with one attached hydrogen (secondary N) is 1.